The normalized spacial score (nSPS) is 10.0. The van der Waals surface area contributed by atoms with E-state index in [1.807, 2.05) is 12.1 Å². The van der Waals surface area contributed by atoms with Gasteiger partial charge in [-0.1, -0.05) is 19.9 Å². The minimum absolute atomic E-state index is 0.640. The minimum atomic E-state index is 0.640. The molecule has 0 saturated heterocycles. The maximum Gasteiger partial charge on any atom is 0.0545 e. The molecule has 0 amide bonds. The lowest BCUT2D eigenvalue weighted by molar-refractivity contribution is 1.08. The Labute approximate surface area is 68.2 Å². The summed E-state index contributed by atoms with van der Waals surface area (Å²) in [5.74, 6) is 0. The maximum absolute atomic E-state index is 7.48. The topological polar surface area (TPSA) is 23.8 Å². The van der Waals surface area contributed by atoms with Crippen molar-refractivity contribution in [1.29, 1.82) is 0 Å². The Morgan fingerprint density at radius 1 is 1.00 bits per heavy atom. The fourth-order valence-electron chi connectivity index (χ4n) is 1.17. The monoisotopic (exact) mass is 148 g/mol. The molecule has 0 aliphatic heterocycles. The first-order valence-corrected chi connectivity index (χ1v) is 4.10. The Bertz CT molecular complexity index is 218. The lowest BCUT2D eigenvalue weighted by atomic mass is 10.1. The van der Waals surface area contributed by atoms with Gasteiger partial charge in [0.2, 0.25) is 0 Å². The third-order valence-corrected chi connectivity index (χ3v) is 1.87. The summed E-state index contributed by atoms with van der Waals surface area (Å²) in [6, 6.07) is 6.04. The Balaban J connectivity index is 3.02. The number of nitrogens with one attached hydrogen (secondary N) is 1. The number of benzene rings is 1. The molecule has 0 heterocycles. The summed E-state index contributed by atoms with van der Waals surface area (Å²) in [6.07, 6.45) is 2.05. The van der Waals surface area contributed by atoms with E-state index >= 15 is 0 Å². The van der Waals surface area contributed by atoms with Crippen molar-refractivity contribution in [1.82, 2.24) is 5.73 Å². The summed E-state index contributed by atoms with van der Waals surface area (Å²) in [5, 5.41) is 0. The average molecular weight is 148 g/mol. The van der Waals surface area contributed by atoms with Crippen LogP contribution in [0.5, 0.6) is 0 Å². The van der Waals surface area contributed by atoms with Gasteiger partial charge in [-0.3, -0.25) is 0 Å². The van der Waals surface area contributed by atoms with E-state index in [9.17, 15) is 0 Å². The molecule has 0 aromatic heterocycles. The molecule has 11 heavy (non-hydrogen) atoms. The zero-order valence-corrected chi connectivity index (χ0v) is 7.15. The molecule has 1 rings (SSSR count). The van der Waals surface area contributed by atoms with Gasteiger partial charge >= 0.3 is 0 Å². The Kier molecular flexibility index (Phi) is 2.53. The van der Waals surface area contributed by atoms with Crippen LogP contribution in [0.1, 0.15) is 25.0 Å². The predicted molar refractivity (Wildman–Crippen MR) is 48.0 cm³/mol. The van der Waals surface area contributed by atoms with Crippen molar-refractivity contribution in [3.8, 4) is 0 Å². The summed E-state index contributed by atoms with van der Waals surface area (Å²) in [4.78, 5) is 0. The molecule has 0 aliphatic rings. The smallest absolute Gasteiger partial charge is 0.0545 e. The fraction of sp³-hybridized carbons (Fsp3) is 0.400. The van der Waals surface area contributed by atoms with Gasteiger partial charge in [0.05, 0.1) is 5.69 Å². The van der Waals surface area contributed by atoms with Crippen molar-refractivity contribution < 1.29 is 0 Å². The summed E-state index contributed by atoms with van der Waals surface area (Å²) >= 11 is 0. The van der Waals surface area contributed by atoms with E-state index in [-0.39, 0.29) is 0 Å². The van der Waals surface area contributed by atoms with Gasteiger partial charge in [-0.05, 0) is 36.1 Å². The highest BCUT2D eigenvalue weighted by Gasteiger charge is 1.95. The second kappa shape index (κ2) is 3.42. The lowest BCUT2D eigenvalue weighted by Gasteiger charge is -2.02. The van der Waals surface area contributed by atoms with E-state index < -0.39 is 0 Å². The molecule has 0 bridgehead atoms. The SMILES string of the molecule is CCc1cc([NH])cc(CC)c1. The molecule has 0 spiro atoms. The molecule has 0 saturated carbocycles. The van der Waals surface area contributed by atoms with Crippen LogP contribution in [0.25, 0.3) is 0 Å². The zero-order chi connectivity index (χ0) is 8.27. The molecular formula is C10H14N. The number of aryl methyl sites for hydroxylation is 2. The Morgan fingerprint density at radius 3 is 1.82 bits per heavy atom. The van der Waals surface area contributed by atoms with Crippen LogP contribution in [0.4, 0.5) is 5.69 Å². The van der Waals surface area contributed by atoms with Crippen molar-refractivity contribution in [3.63, 3.8) is 0 Å². The standard InChI is InChI=1S/C10H14N/c1-3-8-5-9(4-2)7-10(11)6-8/h5-7,11H,3-4H2,1-2H3. The van der Waals surface area contributed by atoms with Gasteiger partial charge in [0.15, 0.2) is 0 Å². The van der Waals surface area contributed by atoms with Gasteiger partial charge in [-0.25, -0.2) is 0 Å². The van der Waals surface area contributed by atoms with Crippen molar-refractivity contribution in [2.75, 3.05) is 0 Å². The summed E-state index contributed by atoms with van der Waals surface area (Å²) in [6.45, 7) is 4.24. The minimum Gasteiger partial charge on any atom is -0.301 e. The van der Waals surface area contributed by atoms with Crippen LogP contribution in [-0.4, -0.2) is 0 Å². The van der Waals surface area contributed by atoms with Gasteiger partial charge in [-0.2, -0.15) is 0 Å². The molecule has 0 atom stereocenters. The van der Waals surface area contributed by atoms with Gasteiger partial charge < -0.3 is 5.73 Å². The lowest BCUT2D eigenvalue weighted by Crippen LogP contribution is -1.86. The van der Waals surface area contributed by atoms with Crippen LogP contribution in [0.15, 0.2) is 18.2 Å². The molecule has 1 nitrogen and oxygen atoms in total. The highest BCUT2D eigenvalue weighted by Crippen LogP contribution is 2.13. The largest absolute Gasteiger partial charge is 0.301 e. The van der Waals surface area contributed by atoms with E-state index in [1.54, 1.807) is 0 Å². The molecular weight excluding hydrogens is 134 g/mol. The van der Waals surface area contributed by atoms with Gasteiger partial charge in [0.25, 0.3) is 0 Å². The van der Waals surface area contributed by atoms with Crippen LogP contribution in [-0.2, 0) is 12.8 Å². The highest BCUT2D eigenvalue weighted by molar-refractivity contribution is 5.41. The first-order chi connectivity index (χ1) is 5.26. The van der Waals surface area contributed by atoms with Crippen LogP contribution in [0, 0.1) is 0 Å². The van der Waals surface area contributed by atoms with Gasteiger partial charge in [-0.15, -0.1) is 0 Å². The third-order valence-electron chi connectivity index (χ3n) is 1.87. The second-order valence-corrected chi connectivity index (χ2v) is 2.75. The van der Waals surface area contributed by atoms with E-state index in [4.69, 9.17) is 5.73 Å². The molecule has 59 valence electrons. The van der Waals surface area contributed by atoms with Crippen molar-refractivity contribution in [2.45, 2.75) is 26.7 Å². The molecule has 1 heteroatoms. The van der Waals surface area contributed by atoms with Crippen LogP contribution in [0.3, 0.4) is 0 Å². The maximum atomic E-state index is 7.48. The Morgan fingerprint density at radius 2 is 1.45 bits per heavy atom. The summed E-state index contributed by atoms with van der Waals surface area (Å²) in [5.41, 5.74) is 10.7. The first kappa shape index (κ1) is 8.12. The molecule has 0 fully saturated rings. The molecule has 1 radical (unpaired) electrons. The Hall–Kier alpha value is -0.980. The molecule has 0 aliphatic carbocycles. The molecule has 0 unspecified atom stereocenters. The highest BCUT2D eigenvalue weighted by atomic mass is 14.5. The fourth-order valence-corrected chi connectivity index (χ4v) is 1.17. The first-order valence-electron chi connectivity index (χ1n) is 4.10. The predicted octanol–water partition coefficient (Wildman–Crippen LogP) is 2.73. The van der Waals surface area contributed by atoms with Crippen LogP contribution < -0.4 is 5.73 Å². The van der Waals surface area contributed by atoms with Crippen LogP contribution in [0.2, 0.25) is 0 Å². The average Bonchev–Trinajstić information content (AvgIpc) is 2.03. The third kappa shape index (κ3) is 1.97. The number of hydrogen-bond acceptors (Lipinski definition) is 0. The number of rotatable bonds is 2. The van der Waals surface area contributed by atoms with E-state index in [2.05, 4.69) is 19.9 Å². The second-order valence-electron chi connectivity index (χ2n) is 2.75. The molecule has 1 aromatic rings. The van der Waals surface area contributed by atoms with Gasteiger partial charge in [0, 0.05) is 0 Å². The summed E-state index contributed by atoms with van der Waals surface area (Å²) in [7, 11) is 0. The van der Waals surface area contributed by atoms with E-state index in [0.717, 1.165) is 12.8 Å². The zero-order valence-electron chi connectivity index (χ0n) is 7.15. The number of hydrogen-bond donors (Lipinski definition) is 0. The molecule has 1 aromatic carbocycles. The van der Waals surface area contributed by atoms with Crippen LogP contribution >= 0.6 is 0 Å². The van der Waals surface area contributed by atoms with Crippen molar-refractivity contribution in [3.05, 3.63) is 29.3 Å². The van der Waals surface area contributed by atoms with E-state index in [0.29, 0.717) is 5.69 Å². The van der Waals surface area contributed by atoms with E-state index in [1.165, 1.54) is 11.1 Å². The van der Waals surface area contributed by atoms with Crippen molar-refractivity contribution in [2.24, 2.45) is 0 Å². The quantitative estimate of drug-likeness (QED) is 0.615. The summed E-state index contributed by atoms with van der Waals surface area (Å²) < 4.78 is 0. The molecule has 1 N–H and O–H groups in total. The van der Waals surface area contributed by atoms with Crippen molar-refractivity contribution >= 4 is 5.69 Å². The van der Waals surface area contributed by atoms with Gasteiger partial charge in [0.1, 0.15) is 0 Å².